The van der Waals surface area contributed by atoms with Crippen LogP contribution in [0.5, 0.6) is 5.75 Å². The highest BCUT2D eigenvalue weighted by Crippen LogP contribution is 2.19. The quantitative estimate of drug-likeness (QED) is 0.560. The van der Waals surface area contributed by atoms with Crippen molar-refractivity contribution in [3.63, 3.8) is 0 Å². The van der Waals surface area contributed by atoms with E-state index in [4.69, 9.17) is 0 Å². The number of aryl methyl sites for hydroxylation is 1. The normalized spacial score (nSPS) is 9.85. The Balaban J connectivity index is 2.03. The van der Waals surface area contributed by atoms with Crippen molar-refractivity contribution in [1.29, 1.82) is 0 Å². The van der Waals surface area contributed by atoms with Crippen LogP contribution < -0.4 is 10.6 Å². The predicted molar refractivity (Wildman–Crippen MR) is 72.1 cm³/mol. The summed E-state index contributed by atoms with van der Waals surface area (Å²) in [7, 11) is 0. The van der Waals surface area contributed by atoms with Crippen LogP contribution in [0.2, 0.25) is 0 Å². The van der Waals surface area contributed by atoms with Crippen LogP contribution >= 0.6 is 0 Å². The Labute approximate surface area is 114 Å². The highest BCUT2D eigenvalue weighted by molar-refractivity contribution is 6.43. The molecule has 0 bridgehead atoms. The zero-order chi connectivity index (χ0) is 14.5. The molecule has 0 aliphatic rings. The Morgan fingerprint density at radius 3 is 2.40 bits per heavy atom. The molecule has 20 heavy (non-hydrogen) atoms. The summed E-state index contributed by atoms with van der Waals surface area (Å²) in [6, 6.07) is 6.00. The number of carbonyl (C=O) groups excluding carboxylic acids is 2. The maximum atomic E-state index is 11.7. The Kier molecular flexibility index (Phi) is 3.90. The SMILES string of the molecule is Cc1cc(O)ccc1NC(=O)C(=O)Nc1ncccn1. The van der Waals surface area contributed by atoms with Crippen molar-refractivity contribution in [3.8, 4) is 5.75 Å². The number of phenolic OH excluding ortho intramolecular Hbond substituents is 1. The monoisotopic (exact) mass is 272 g/mol. The molecule has 0 saturated carbocycles. The lowest BCUT2D eigenvalue weighted by molar-refractivity contribution is -0.133. The number of benzene rings is 1. The van der Waals surface area contributed by atoms with Crippen LogP contribution in [0.4, 0.5) is 11.6 Å². The summed E-state index contributed by atoms with van der Waals surface area (Å²) in [5, 5.41) is 14.0. The molecule has 2 aromatic rings. The number of nitrogens with zero attached hydrogens (tertiary/aromatic N) is 2. The second-order valence-electron chi connectivity index (χ2n) is 3.98. The summed E-state index contributed by atoms with van der Waals surface area (Å²) < 4.78 is 0. The number of anilines is 2. The zero-order valence-electron chi connectivity index (χ0n) is 10.6. The fourth-order valence-electron chi connectivity index (χ4n) is 1.49. The van der Waals surface area contributed by atoms with Crippen molar-refractivity contribution in [2.75, 3.05) is 10.6 Å². The Morgan fingerprint density at radius 2 is 1.75 bits per heavy atom. The first-order valence-electron chi connectivity index (χ1n) is 5.75. The molecular weight excluding hydrogens is 260 g/mol. The molecule has 2 amide bonds. The molecule has 2 rings (SSSR count). The molecule has 7 heteroatoms. The molecule has 0 saturated heterocycles. The van der Waals surface area contributed by atoms with E-state index >= 15 is 0 Å². The zero-order valence-corrected chi connectivity index (χ0v) is 10.6. The van der Waals surface area contributed by atoms with Crippen LogP contribution in [-0.2, 0) is 9.59 Å². The van der Waals surface area contributed by atoms with E-state index in [1.165, 1.54) is 30.6 Å². The average Bonchev–Trinajstić information content (AvgIpc) is 2.43. The summed E-state index contributed by atoms with van der Waals surface area (Å²) in [6.07, 6.45) is 2.90. The molecular formula is C13H12N4O3. The second-order valence-corrected chi connectivity index (χ2v) is 3.98. The molecule has 1 aromatic heterocycles. The first-order chi connectivity index (χ1) is 9.56. The fraction of sp³-hybridized carbons (Fsp3) is 0.0769. The van der Waals surface area contributed by atoms with Gasteiger partial charge in [0.05, 0.1) is 0 Å². The van der Waals surface area contributed by atoms with Crippen molar-refractivity contribution in [1.82, 2.24) is 9.97 Å². The van der Waals surface area contributed by atoms with E-state index in [2.05, 4.69) is 20.6 Å². The number of nitrogens with one attached hydrogen (secondary N) is 2. The molecule has 7 nitrogen and oxygen atoms in total. The second kappa shape index (κ2) is 5.79. The third-order valence-electron chi connectivity index (χ3n) is 2.46. The van der Waals surface area contributed by atoms with E-state index in [0.29, 0.717) is 11.3 Å². The van der Waals surface area contributed by atoms with Gasteiger partial charge in [-0.25, -0.2) is 9.97 Å². The number of rotatable bonds is 2. The summed E-state index contributed by atoms with van der Waals surface area (Å²) in [6.45, 7) is 1.70. The molecule has 0 aliphatic heterocycles. The highest BCUT2D eigenvalue weighted by Gasteiger charge is 2.15. The standard InChI is InChI=1S/C13H12N4O3/c1-8-7-9(18)3-4-10(8)16-11(19)12(20)17-13-14-5-2-6-15-13/h2-7,18H,1H3,(H,16,19)(H,14,15,17,20). The van der Waals surface area contributed by atoms with Crippen LogP contribution in [0.3, 0.4) is 0 Å². The van der Waals surface area contributed by atoms with E-state index in [-0.39, 0.29) is 11.7 Å². The predicted octanol–water partition coefficient (Wildman–Crippen LogP) is 1.07. The number of aromatic hydroxyl groups is 1. The fourth-order valence-corrected chi connectivity index (χ4v) is 1.49. The van der Waals surface area contributed by atoms with Crippen LogP contribution in [0.25, 0.3) is 0 Å². The molecule has 0 spiro atoms. The van der Waals surface area contributed by atoms with E-state index in [0.717, 1.165) is 0 Å². The molecule has 0 aliphatic carbocycles. The van der Waals surface area contributed by atoms with Gasteiger partial charge in [-0.2, -0.15) is 0 Å². The minimum atomic E-state index is -0.872. The van der Waals surface area contributed by atoms with Crippen molar-refractivity contribution in [2.45, 2.75) is 6.92 Å². The van der Waals surface area contributed by atoms with Crippen molar-refractivity contribution in [2.24, 2.45) is 0 Å². The summed E-state index contributed by atoms with van der Waals surface area (Å²) in [5.74, 6) is -1.58. The Bertz CT molecular complexity index is 643. The third kappa shape index (κ3) is 3.29. The van der Waals surface area contributed by atoms with Gasteiger partial charge in [0.2, 0.25) is 5.95 Å². The first kappa shape index (κ1) is 13.5. The van der Waals surface area contributed by atoms with Crippen molar-refractivity contribution in [3.05, 3.63) is 42.2 Å². The molecule has 0 unspecified atom stereocenters. The van der Waals surface area contributed by atoms with Crippen LogP contribution in [0.15, 0.2) is 36.7 Å². The lowest BCUT2D eigenvalue weighted by atomic mass is 10.2. The lowest BCUT2D eigenvalue weighted by Crippen LogP contribution is -2.30. The van der Waals surface area contributed by atoms with Crippen molar-refractivity contribution < 1.29 is 14.7 Å². The Morgan fingerprint density at radius 1 is 1.10 bits per heavy atom. The summed E-state index contributed by atoms with van der Waals surface area (Å²) in [4.78, 5) is 30.9. The average molecular weight is 272 g/mol. The maximum absolute atomic E-state index is 11.7. The number of aromatic nitrogens is 2. The van der Waals surface area contributed by atoms with Crippen LogP contribution in [0, 0.1) is 6.92 Å². The van der Waals surface area contributed by atoms with Gasteiger partial charge in [-0.3, -0.25) is 14.9 Å². The number of amides is 2. The lowest BCUT2D eigenvalue weighted by Gasteiger charge is -2.08. The smallest absolute Gasteiger partial charge is 0.316 e. The topological polar surface area (TPSA) is 104 Å². The van der Waals surface area contributed by atoms with E-state index < -0.39 is 11.8 Å². The molecule has 1 aromatic carbocycles. The minimum Gasteiger partial charge on any atom is -0.508 e. The molecule has 3 N–H and O–H groups in total. The molecule has 1 heterocycles. The molecule has 102 valence electrons. The van der Waals surface area contributed by atoms with Gasteiger partial charge in [0, 0.05) is 18.1 Å². The van der Waals surface area contributed by atoms with E-state index in [1.807, 2.05) is 0 Å². The van der Waals surface area contributed by atoms with Crippen molar-refractivity contribution >= 4 is 23.5 Å². The van der Waals surface area contributed by atoms with Gasteiger partial charge in [0.15, 0.2) is 0 Å². The summed E-state index contributed by atoms with van der Waals surface area (Å²) >= 11 is 0. The highest BCUT2D eigenvalue weighted by atomic mass is 16.3. The van der Waals surface area contributed by atoms with Gasteiger partial charge in [-0.15, -0.1) is 0 Å². The van der Waals surface area contributed by atoms with Gasteiger partial charge in [-0.05, 0) is 36.8 Å². The maximum Gasteiger partial charge on any atom is 0.316 e. The molecule has 0 atom stereocenters. The van der Waals surface area contributed by atoms with Gasteiger partial charge in [0.1, 0.15) is 5.75 Å². The first-order valence-corrected chi connectivity index (χ1v) is 5.75. The van der Waals surface area contributed by atoms with Gasteiger partial charge < -0.3 is 10.4 Å². The largest absolute Gasteiger partial charge is 0.508 e. The molecule has 0 fully saturated rings. The third-order valence-corrected chi connectivity index (χ3v) is 2.46. The summed E-state index contributed by atoms with van der Waals surface area (Å²) in [5.41, 5.74) is 1.08. The van der Waals surface area contributed by atoms with Gasteiger partial charge in [-0.1, -0.05) is 0 Å². The Hall–Kier alpha value is -2.96. The number of phenols is 1. The number of carbonyl (C=O) groups is 2. The van der Waals surface area contributed by atoms with Gasteiger partial charge in [0.25, 0.3) is 0 Å². The van der Waals surface area contributed by atoms with Crippen LogP contribution in [0.1, 0.15) is 5.56 Å². The number of hydrogen-bond acceptors (Lipinski definition) is 5. The van der Waals surface area contributed by atoms with Gasteiger partial charge >= 0.3 is 11.8 Å². The van der Waals surface area contributed by atoms with E-state index in [9.17, 15) is 14.7 Å². The van der Waals surface area contributed by atoms with E-state index in [1.54, 1.807) is 13.0 Å². The number of hydrogen-bond donors (Lipinski definition) is 3. The minimum absolute atomic E-state index is 0.0510. The van der Waals surface area contributed by atoms with Crippen LogP contribution in [-0.4, -0.2) is 26.9 Å². The molecule has 0 radical (unpaired) electrons.